The van der Waals surface area contributed by atoms with Gasteiger partial charge in [-0.2, -0.15) is 0 Å². The fourth-order valence-electron chi connectivity index (χ4n) is 4.14. The molecule has 0 atom stereocenters. The molecule has 51 heavy (non-hydrogen) atoms. The number of halogens is 1. The molecule has 0 unspecified atom stereocenters. The average molecular weight is 844 g/mol. The van der Waals surface area contributed by atoms with Crippen molar-refractivity contribution < 1.29 is 56.9 Å². The third-order valence-corrected chi connectivity index (χ3v) is 7.72. The van der Waals surface area contributed by atoms with E-state index < -0.39 is 0 Å². The first kappa shape index (κ1) is 47.8. The van der Waals surface area contributed by atoms with Crippen LogP contribution in [0.1, 0.15) is 55.8 Å². The van der Waals surface area contributed by atoms with E-state index in [2.05, 4.69) is 34.8 Å². The van der Waals surface area contributed by atoms with Crippen LogP contribution in [0.3, 0.4) is 0 Å². The highest BCUT2D eigenvalue weighted by Crippen LogP contribution is 2.11. The molecule has 1 rings (SSSR count). The van der Waals surface area contributed by atoms with Crippen molar-refractivity contribution in [1.82, 2.24) is 0 Å². The van der Waals surface area contributed by atoms with E-state index in [0.29, 0.717) is 131 Å². The largest absolute Gasteiger partial charge is 0.460 e. The van der Waals surface area contributed by atoms with E-state index in [1.54, 1.807) is 12.1 Å². The van der Waals surface area contributed by atoms with Gasteiger partial charge in [-0.1, -0.05) is 48.8 Å². The van der Waals surface area contributed by atoms with Crippen molar-refractivity contribution in [3.8, 4) is 0 Å². The van der Waals surface area contributed by atoms with Crippen LogP contribution in [-0.2, 0) is 52.1 Å². The lowest BCUT2D eigenvalue weighted by Gasteiger charge is -2.09. The summed E-state index contributed by atoms with van der Waals surface area (Å²) in [7, 11) is 0. The Morgan fingerprint density at radius 2 is 0.824 bits per heavy atom. The van der Waals surface area contributed by atoms with Gasteiger partial charge in [0.2, 0.25) is 0 Å². The topological polar surface area (TPSA) is 131 Å². The lowest BCUT2D eigenvalue weighted by atomic mass is 10.2. The zero-order chi connectivity index (χ0) is 36.6. The van der Waals surface area contributed by atoms with Crippen molar-refractivity contribution >= 4 is 34.2 Å². The monoisotopic (exact) mass is 843 g/mol. The zero-order valence-electron chi connectivity index (χ0n) is 31.1. The van der Waals surface area contributed by atoms with E-state index >= 15 is 0 Å². The van der Waals surface area contributed by atoms with Gasteiger partial charge in [0.1, 0.15) is 6.61 Å². The molecule has 0 aliphatic carbocycles. The molecule has 13 nitrogen and oxygen atoms in total. The van der Waals surface area contributed by atoms with Gasteiger partial charge in [0.25, 0.3) is 0 Å². The van der Waals surface area contributed by atoms with Crippen molar-refractivity contribution in [2.45, 2.75) is 45.4 Å². The predicted octanol–water partition coefficient (Wildman–Crippen LogP) is 5.22. The fraction of sp³-hybridized carbons (Fsp3) is 0.811. The first-order valence-electron chi connectivity index (χ1n) is 18.6. The second-order valence-corrected chi connectivity index (χ2v) is 12.3. The number of hydrogen-bond donors (Lipinski definition) is 1. The van der Waals surface area contributed by atoms with E-state index in [1.165, 1.54) is 23.7 Å². The molecule has 0 aromatic heterocycles. The number of alkyl halides is 1. The van der Waals surface area contributed by atoms with Crippen molar-refractivity contribution in [2.24, 2.45) is 0 Å². The van der Waals surface area contributed by atoms with Gasteiger partial charge in [-0.25, -0.2) is 4.79 Å². The molecule has 0 saturated carbocycles. The number of ether oxygens (including phenoxy) is 11. The second kappa shape index (κ2) is 40.0. The summed E-state index contributed by atoms with van der Waals surface area (Å²) in [5.41, 5.74) is 1.52. The number of benzene rings is 1. The summed E-state index contributed by atoms with van der Waals surface area (Å²) in [6.07, 6.45) is 7.21. The minimum atomic E-state index is -0.359. The zero-order valence-corrected chi connectivity index (χ0v) is 33.2. The van der Waals surface area contributed by atoms with Gasteiger partial charge in [0.15, 0.2) is 0 Å². The second-order valence-electron chi connectivity index (χ2n) is 11.2. The number of anilines is 1. The molecule has 1 aromatic rings. The third kappa shape index (κ3) is 34.3. The summed E-state index contributed by atoms with van der Waals surface area (Å²) in [4.78, 5) is 12.1. The van der Waals surface area contributed by atoms with Gasteiger partial charge >= 0.3 is 5.97 Å². The van der Waals surface area contributed by atoms with E-state index in [1.807, 2.05) is 12.1 Å². The number of carbonyl (C=O) groups excluding carboxylic acids is 1. The molecule has 1 aromatic carbocycles. The van der Waals surface area contributed by atoms with Crippen molar-refractivity contribution in [1.29, 1.82) is 0 Å². The maximum Gasteiger partial charge on any atom is 0.338 e. The van der Waals surface area contributed by atoms with Crippen LogP contribution in [0.15, 0.2) is 24.3 Å². The molecule has 0 radical (unpaired) electrons. The highest BCUT2D eigenvalue weighted by atomic mass is 127. The molecular weight excluding hydrogens is 777 g/mol. The molecule has 0 aliphatic rings. The Morgan fingerprint density at radius 3 is 1.20 bits per heavy atom. The maximum absolute atomic E-state index is 12.1. The Bertz CT molecular complexity index is 855. The Balaban J connectivity index is 1.68. The number of nitrogens with one attached hydrogen (secondary N) is 1. The first-order valence-corrected chi connectivity index (χ1v) is 20.1. The van der Waals surface area contributed by atoms with Gasteiger partial charge in [0.05, 0.1) is 131 Å². The van der Waals surface area contributed by atoms with Crippen LogP contribution in [0.25, 0.3) is 0 Å². The molecule has 298 valence electrons. The maximum atomic E-state index is 12.1. The van der Waals surface area contributed by atoms with Gasteiger partial charge in [-0.15, -0.1) is 0 Å². The van der Waals surface area contributed by atoms with Gasteiger partial charge in [0, 0.05) is 18.8 Å². The van der Waals surface area contributed by atoms with Gasteiger partial charge in [-0.3, -0.25) is 0 Å². The summed E-state index contributed by atoms with van der Waals surface area (Å²) in [6, 6.07) is 7.30. The summed E-state index contributed by atoms with van der Waals surface area (Å²) in [6.45, 7) is 13.6. The Morgan fingerprint density at radius 1 is 0.471 bits per heavy atom. The SMILES string of the molecule is CCCCNc1ccc(C(=O)OCCOCCOCCOCCOCCOCCOCCOCCOCCOCCOCCCCCCI)cc1. The predicted molar refractivity (Wildman–Crippen MR) is 206 cm³/mol. The van der Waals surface area contributed by atoms with E-state index in [4.69, 9.17) is 52.1 Å². The van der Waals surface area contributed by atoms with E-state index in [0.717, 1.165) is 38.1 Å². The quantitative estimate of drug-likeness (QED) is 0.0401. The van der Waals surface area contributed by atoms with Crippen LogP contribution in [-0.4, -0.2) is 156 Å². The van der Waals surface area contributed by atoms with Crippen molar-refractivity contribution in [3.05, 3.63) is 29.8 Å². The Hall–Kier alpha value is -1.18. The molecule has 0 aliphatic heterocycles. The van der Waals surface area contributed by atoms with Crippen molar-refractivity contribution in [3.63, 3.8) is 0 Å². The highest BCUT2D eigenvalue weighted by Gasteiger charge is 2.07. The van der Waals surface area contributed by atoms with Gasteiger partial charge < -0.3 is 57.4 Å². The number of rotatable bonds is 41. The van der Waals surface area contributed by atoms with Crippen molar-refractivity contribution in [2.75, 3.05) is 155 Å². The lowest BCUT2D eigenvalue weighted by molar-refractivity contribution is -0.0271. The van der Waals surface area contributed by atoms with Crippen LogP contribution in [0, 0.1) is 0 Å². The smallest absolute Gasteiger partial charge is 0.338 e. The number of hydrogen-bond acceptors (Lipinski definition) is 13. The van der Waals surface area contributed by atoms with E-state index in [9.17, 15) is 4.79 Å². The number of carbonyl (C=O) groups is 1. The molecular formula is C37H66INO12. The number of unbranched alkanes of at least 4 members (excludes halogenated alkanes) is 4. The lowest BCUT2D eigenvalue weighted by Crippen LogP contribution is -2.15. The normalized spacial score (nSPS) is 11.3. The molecule has 14 heteroatoms. The summed E-state index contributed by atoms with van der Waals surface area (Å²) in [5.74, 6) is -0.359. The molecule has 0 amide bonds. The Kier molecular flexibility index (Phi) is 37.5. The standard InChI is InChI=1S/C37H66INO12/c1-2-3-13-39-36-10-8-35(9-11-36)37(40)51-34-33-50-32-31-49-30-29-48-28-27-47-26-25-46-24-23-45-22-21-44-20-19-43-18-17-42-16-15-41-14-7-5-4-6-12-38/h8-11,39H,2-7,12-34H2,1H3. The molecule has 1 N–H and O–H groups in total. The van der Waals surface area contributed by atoms with Crippen LogP contribution < -0.4 is 5.32 Å². The molecule has 0 fully saturated rings. The fourth-order valence-corrected chi connectivity index (χ4v) is 4.68. The van der Waals surface area contributed by atoms with Crippen LogP contribution in [0.4, 0.5) is 5.69 Å². The summed E-state index contributed by atoms with van der Waals surface area (Å²) in [5, 5.41) is 3.32. The molecule has 0 heterocycles. The van der Waals surface area contributed by atoms with E-state index in [-0.39, 0.29) is 12.6 Å². The van der Waals surface area contributed by atoms with Crippen LogP contribution in [0.2, 0.25) is 0 Å². The third-order valence-electron chi connectivity index (χ3n) is 6.96. The average Bonchev–Trinajstić information content (AvgIpc) is 3.15. The minimum Gasteiger partial charge on any atom is -0.460 e. The molecule has 0 bridgehead atoms. The first-order chi connectivity index (χ1) is 25.3. The van der Waals surface area contributed by atoms with Crippen LogP contribution in [0.5, 0.6) is 0 Å². The summed E-state index contributed by atoms with van der Waals surface area (Å²) >= 11 is 2.42. The number of esters is 1. The summed E-state index contributed by atoms with van der Waals surface area (Å²) < 4.78 is 61.5. The molecule has 0 spiro atoms. The van der Waals surface area contributed by atoms with Gasteiger partial charge in [-0.05, 0) is 48.0 Å². The Labute approximate surface area is 320 Å². The van der Waals surface area contributed by atoms with Crippen LogP contribution >= 0.6 is 22.6 Å². The molecule has 0 saturated heterocycles. The minimum absolute atomic E-state index is 0.192. The highest BCUT2D eigenvalue weighted by molar-refractivity contribution is 14.1.